The van der Waals surface area contributed by atoms with Gasteiger partial charge in [0.2, 0.25) is 0 Å². The van der Waals surface area contributed by atoms with Crippen LogP contribution < -0.4 is 5.56 Å². The molecule has 0 unspecified atom stereocenters. The van der Waals surface area contributed by atoms with Gasteiger partial charge in [0, 0.05) is 16.7 Å². The summed E-state index contributed by atoms with van der Waals surface area (Å²) >= 11 is 5.70. The van der Waals surface area contributed by atoms with Gasteiger partial charge < -0.3 is 0 Å². The zero-order valence-corrected chi connectivity index (χ0v) is 7.73. The molecule has 2 rings (SSSR count). The van der Waals surface area contributed by atoms with Crippen LogP contribution in [0.4, 0.5) is 4.39 Å². The van der Waals surface area contributed by atoms with E-state index < -0.39 is 5.82 Å². The molecule has 1 heterocycles. The quantitative estimate of drug-likeness (QED) is 0.748. The van der Waals surface area contributed by atoms with Crippen LogP contribution in [0.3, 0.4) is 0 Å². The van der Waals surface area contributed by atoms with Crippen molar-refractivity contribution in [2.45, 2.75) is 0 Å². The van der Waals surface area contributed by atoms with Crippen molar-refractivity contribution in [3.05, 3.63) is 45.5 Å². The fourth-order valence-electron chi connectivity index (χ4n) is 1.18. The van der Waals surface area contributed by atoms with Crippen molar-refractivity contribution in [1.29, 1.82) is 0 Å². The van der Waals surface area contributed by atoms with Crippen LogP contribution in [0, 0.1) is 5.82 Å². The van der Waals surface area contributed by atoms with Gasteiger partial charge in [0.05, 0.1) is 5.69 Å². The van der Waals surface area contributed by atoms with Gasteiger partial charge >= 0.3 is 0 Å². The predicted octanol–water partition coefficient (Wildman–Crippen LogP) is 2.16. The SMILES string of the molecule is O=c1cc(-c2cc(Cl)ccc2F)[nH][nH]1. The van der Waals surface area contributed by atoms with E-state index in [4.69, 9.17) is 11.6 Å². The molecule has 0 aliphatic heterocycles. The van der Waals surface area contributed by atoms with Gasteiger partial charge in [0.15, 0.2) is 0 Å². The van der Waals surface area contributed by atoms with Crippen LogP contribution in [0.1, 0.15) is 0 Å². The first-order valence-electron chi connectivity index (χ1n) is 3.90. The molecule has 0 aliphatic carbocycles. The molecule has 0 amide bonds. The van der Waals surface area contributed by atoms with E-state index in [1.54, 1.807) is 0 Å². The minimum absolute atomic E-state index is 0.274. The Labute approximate surface area is 83.5 Å². The Kier molecular flexibility index (Phi) is 2.13. The lowest BCUT2D eigenvalue weighted by Crippen LogP contribution is -1.93. The number of benzene rings is 1. The summed E-state index contributed by atoms with van der Waals surface area (Å²) in [5.41, 5.74) is 0.352. The molecule has 0 bridgehead atoms. The van der Waals surface area contributed by atoms with E-state index in [2.05, 4.69) is 10.2 Å². The molecule has 0 aliphatic rings. The van der Waals surface area contributed by atoms with Crippen LogP contribution >= 0.6 is 11.6 Å². The highest BCUT2D eigenvalue weighted by Crippen LogP contribution is 2.22. The van der Waals surface area contributed by atoms with Crippen molar-refractivity contribution in [2.24, 2.45) is 0 Å². The first kappa shape index (κ1) is 9.02. The number of nitrogens with one attached hydrogen (secondary N) is 2. The van der Waals surface area contributed by atoms with Crippen molar-refractivity contribution in [1.82, 2.24) is 10.2 Å². The average Bonchev–Trinajstić information content (AvgIpc) is 2.56. The molecular formula is C9H6ClFN2O. The minimum atomic E-state index is -0.426. The first-order chi connectivity index (χ1) is 6.66. The minimum Gasteiger partial charge on any atom is -0.297 e. The third-order valence-electron chi connectivity index (χ3n) is 1.81. The Morgan fingerprint density at radius 2 is 2.00 bits per heavy atom. The Balaban J connectivity index is 2.61. The smallest absolute Gasteiger partial charge is 0.264 e. The van der Waals surface area contributed by atoms with Crippen molar-refractivity contribution >= 4 is 11.6 Å². The van der Waals surface area contributed by atoms with Crippen molar-refractivity contribution in [3.63, 3.8) is 0 Å². The molecule has 5 heteroatoms. The van der Waals surface area contributed by atoms with Crippen LogP contribution in [0.2, 0.25) is 5.02 Å². The summed E-state index contributed by atoms with van der Waals surface area (Å²) in [5.74, 6) is -0.426. The monoisotopic (exact) mass is 212 g/mol. The maximum absolute atomic E-state index is 13.3. The molecule has 72 valence electrons. The maximum Gasteiger partial charge on any atom is 0.264 e. The van der Waals surface area contributed by atoms with Gasteiger partial charge in [-0.25, -0.2) is 4.39 Å². The predicted molar refractivity (Wildman–Crippen MR) is 51.8 cm³/mol. The van der Waals surface area contributed by atoms with E-state index in [-0.39, 0.29) is 11.1 Å². The topological polar surface area (TPSA) is 48.6 Å². The van der Waals surface area contributed by atoms with Gasteiger partial charge in [0.25, 0.3) is 5.56 Å². The van der Waals surface area contributed by atoms with Crippen molar-refractivity contribution < 1.29 is 4.39 Å². The number of aromatic amines is 2. The van der Waals surface area contributed by atoms with Gasteiger partial charge in [-0.15, -0.1) is 0 Å². The van der Waals surface area contributed by atoms with E-state index in [9.17, 15) is 9.18 Å². The number of halogens is 2. The number of aromatic nitrogens is 2. The highest BCUT2D eigenvalue weighted by Gasteiger charge is 2.07. The Hall–Kier alpha value is -1.55. The maximum atomic E-state index is 13.3. The van der Waals surface area contributed by atoms with Gasteiger partial charge in [0.1, 0.15) is 5.82 Å². The molecule has 2 N–H and O–H groups in total. The second-order valence-electron chi connectivity index (χ2n) is 2.80. The largest absolute Gasteiger partial charge is 0.297 e. The molecule has 2 aromatic rings. The molecule has 14 heavy (non-hydrogen) atoms. The summed E-state index contributed by atoms with van der Waals surface area (Å²) in [5, 5.41) is 5.30. The van der Waals surface area contributed by atoms with Gasteiger partial charge in [-0.05, 0) is 18.2 Å². The van der Waals surface area contributed by atoms with Crippen LogP contribution in [0.25, 0.3) is 11.3 Å². The highest BCUT2D eigenvalue weighted by atomic mass is 35.5. The van der Waals surface area contributed by atoms with E-state index in [1.165, 1.54) is 24.3 Å². The van der Waals surface area contributed by atoms with Gasteiger partial charge in [-0.3, -0.25) is 15.0 Å². The molecule has 0 saturated carbocycles. The molecule has 0 fully saturated rings. The van der Waals surface area contributed by atoms with E-state index in [1.807, 2.05) is 0 Å². The van der Waals surface area contributed by atoms with Crippen molar-refractivity contribution in [2.75, 3.05) is 0 Å². The lowest BCUT2D eigenvalue weighted by molar-refractivity contribution is 0.630. The standard InChI is InChI=1S/C9H6ClFN2O/c10-5-1-2-7(11)6(3-5)8-4-9(14)13-12-8/h1-4H,(H2,12,13,14). The molecule has 0 atom stereocenters. The van der Waals surface area contributed by atoms with E-state index >= 15 is 0 Å². The lowest BCUT2D eigenvalue weighted by Gasteiger charge is -1.99. The first-order valence-corrected chi connectivity index (χ1v) is 4.28. The van der Waals surface area contributed by atoms with Crippen LogP contribution in [-0.2, 0) is 0 Å². The van der Waals surface area contributed by atoms with Crippen LogP contribution in [0.15, 0.2) is 29.1 Å². The van der Waals surface area contributed by atoms with E-state index in [0.29, 0.717) is 10.7 Å². The molecule has 0 saturated heterocycles. The zero-order chi connectivity index (χ0) is 10.1. The number of H-pyrrole nitrogens is 2. The van der Waals surface area contributed by atoms with Gasteiger partial charge in [-0.1, -0.05) is 11.6 Å². The van der Waals surface area contributed by atoms with Crippen LogP contribution in [-0.4, -0.2) is 10.2 Å². The zero-order valence-electron chi connectivity index (χ0n) is 6.97. The Morgan fingerprint density at radius 3 is 2.64 bits per heavy atom. The summed E-state index contributed by atoms with van der Waals surface area (Å²) in [4.78, 5) is 10.8. The normalized spacial score (nSPS) is 10.4. The van der Waals surface area contributed by atoms with Crippen molar-refractivity contribution in [3.8, 4) is 11.3 Å². The summed E-state index contributed by atoms with van der Waals surface area (Å²) in [6.07, 6.45) is 0. The highest BCUT2D eigenvalue weighted by molar-refractivity contribution is 6.30. The molecule has 0 radical (unpaired) electrons. The second kappa shape index (κ2) is 3.31. The lowest BCUT2D eigenvalue weighted by atomic mass is 10.1. The number of rotatable bonds is 1. The molecular weight excluding hydrogens is 207 g/mol. The molecule has 1 aromatic heterocycles. The fourth-order valence-corrected chi connectivity index (χ4v) is 1.35. The molecule has 0 spiro atoms. The van der Waals surface area contributed by atoms with Crippen LogP contribution in [0.5, 0.6) is 0 Å². The summed E-state index contributed by atoms with van der Waals surface area (Å²) < 4.78 is 13.3. The number of hydrogen-bond donors (Lipinski definition) is 2. The summed E-state index contributed by atoms with van der Waals surface area (Å²) in [7, 11) is 0. The summed E-state index contributed by atoms with van der Waals surface area (Å²) in [6.45, 7) is 0. The second-order valence-corrected chi connectivity index (χ2v) is 3.23. The summed E-state index contributed by atoms with van der Waals surface area (Å²) in [6, 6.07) is 5.43. The Bertz CT molecular complexity index is 518. The molecule has 3 nitrogen and oxygen atoms in total. The average molecular weight is 213 g/mol. The van der Waals surface area contributed by atoms with Gasteiger partial charge in [-0.2, -0.15) is 0 Å². The third-order valence-corrected chi connectivity index (χ3v) is 2.05. The molecule has 1 aromatic carbocycles. The number of hydrogen-bond acceptors (Lipinski definition) is 1. The van der Waals surface area contributed by atoms with E-state index in [0.717, 1.165) is 0 Å². The third kappa shape index (κ3) is 1.56. The fraction of sp³-hybridized carbons (Fsp3) is 0. The Morgan fingerprint density at radius 1 is 1.21 bits per heavy atom.